The number of nitrogens with zero attached hydrogens (tertiary/aromatic N) is 2. The van der Waals surface area contributed by atoms with E-state index in [0.717, 1.165) is 28.1 Å². The van der Waals surface area contributed by atoms with E-state index >= 15 is 0 Å². The van der Waals surface area contributed by atoms with Gasteiger partial charge in [-0.3, -0.25) is 19.3 Å². The maximum atomic E-state index is 12.1. The van der Waals surface area contributed by atoms with Crippen molar-refractivity contribution in [2.75, 3.05) is 32.1 Å². The normalized spacial score (nSPS) is 13.9. The number of hydrogen-bond acceptors (Lipinski definition) is 5. The second-order valence-corrected chi connectivity index (χ2v) is 6.46. The molecule has 8 nitrogen and oxygen atoms in total. The van der Waals surface area contributed by atoms with Crippen LogP contribution in [0.5, 0.6) is 0 Å². The quantitative estimate of drug-likeness (QED) is 0.551. The molecular formula is C19H25N3O5. The fourth-order valence-corrected chi connectivity index (χ4v) is 2.87. The number of imide groups is 1. The van der Waals surface area contributed by atoms with Gasteiger partial charge in [-0.15, -0.1) is 0 Å². The lowest BCUT2D eigenvalue weighted by Gasteiger charge is -2.14. The number of amides is 4. The van der Waals surface area contributed by atoms with Crippen LogP contribution in [0.15, 0.2) is 18.2 Å². The summed E-state index contributed by atoms with van der Waals surface area (Å²) in [5.41, 5.74) is 2.70. The van der Waals surface area contributed by atoms with Gasteiger partial charge in [0.15, 0.2) is 6.61 Å². The Morgan fingerprint density at radius 1 is 1.26 bits per heavy atom. The molecule has 0 atom stereocenters. The number of carbonyl (C=O) groups excluding carboxylic acids is 4. The third-order valence-corrected chi connectivity index (χ3v) is 4.36. The van der Waals surface area contributed by atoms with Crippen molar-refractivity contribution >= 4 is 29.5 Å². The summed E-state index contributed by atoms with van der Waals surface area (Å²) in [5, 5.41) is 2.78. The molecule has 1 aliphatic heterocycles. The fourth-order valence-electron chi connectivity index (χ4n) is 2.87. The molecule has 0 radical (unpaired) electrons. The summed E-state index contributed by atoms with van der Waals surface area (Å²) < 4.78 is 4.98. The Bertz CT molecular complexity index is 747. The van der Waals surface area contributed by atoms with Crippen LogP contribution >= 0.6 is 0 Å². The van der Waals surface area contributed by atoms with Crippen LogP contribution in [0.1, 0.15) is 30.9 Å². The maximum Gasteiger partial charge on any atom is 0.326 e. The van der Waals surface area contributed by atoms with Crippen LogP contribution < -0.4 is 5.32 Å². The highest BCUT2D eigenvalue weighted by atomic mass is 16.5. The first-order valence-corrected chi connectivity index (χ1v) is 8.93. The summed E-state index contributed by atoms with van der Waals surface area (Å²) in [6.45, 7) is 3.74. The van der Waals surface area contributed by atoms with E-state index in [1.165, 1.54) is 4.90 Å². The zero-order valence-corrected chi connectivity index (χ0v) is 15.9. The number of rotatable bonds is 8. The van der Waals surface area contributed by atoms with Gasteiger partial charge in [-0.25, -0.2) is 4.79 Å². The molecule has 1 aromatic rings. The Labute approximate surface area is 158 Å². The molecule has 27 heavy (non-hydrogen) atoms. The van der Waals surface area contributed by atoms with E-state index in [9.17, 15) is 19.2 Å². The van der Waals surface area contributed by atoms with E-state index < -0.39 is 11.9 Å². The van der Waals surface area contributed by atoms with Crippen LogP contribution in [0.25, 0.3) is 0 Å². The van der Waals surface area contributed by atoms with Crippen molar-refractivity contribution in [3.05, 3.63) is 29.3 Å². The van der Waals surface area contributed by atoms with Crippen molar-refractivity contribution in [2.24, 2.45) is 0 Å². The standard InChI is InChI=1S/C19H25N3O5/c1-4-14-8-5-7-13(2)18(14)20-15(23)12-27-17(25)9-6-10-22-16(24)11-21(3)19(22)26/h5,7-8H,4,6,9-12H2,1-3H3,(H,20,23). The van der Waals surface area contributed by atoms with Gasteiger partial charge in [-0.1, -0.05) is 25.1 Å². The van der Waals surface area contributed by atoms with Gasteiger partial charge in [0, 0.05) is 25.7 Å². The molecular weight excluding hydrogens is 350 g/mol. The highest BCUT2D eigenvalue weighted by Gasteiger charge is 2.32. The Hall–Kier alpha value is -2.90. The van der Waals surface area contributed by atoms with Crippen molar-refractivity contribution in [2.45, 2.75) is 33.1 Å². The predicted octanol–water partition coefficient (Wildman–Crippen LogP) is 1.71. The molecule has 0 unspecified atom stereocenters. The molecule has 0 aromatic heterocycles. The number of anilines is 1. The van der Waals surface area contributed by atoms with Crippen LogP contribution in [0.2, 0.25) is 0 Å². The van der Waals surface area contributed by atoms with Gasteiger partial charge < -0.3 is 15.0 Å². The van der Waals surface area contributed by atoms with E-state index in [0.29, 0.717) is 6.42 Å². The van der Waals surface area contributed by atoms with Crippen molar-refractivity contribution in [3.63, 3.8) is 0 Å². The zero-order valence-electron chi connectivity index (χ0n) is 15.9. The number of aryl methyl sites for hydroxylation is 2. The van der Waals surface area contributed by atoms with Gasteiger partial charge in [0.25, 0.3) is 5.91 Å². The molecule has 4 amide bonds. The molecule has 1 heterocycles. The number of esters is 1. The van der Waals surface area contributed by atoms with Crippen LogP contribution in [-0.4, -0.2) is 60.4 Å². The third kappa shape index (κ3) is 5.29. The average molecular weight is 375 g/mol. The maximum absolute atomic E-state index is 12.1. The van der Waals surface area contributed by atoms with Crippen LogP contribution in [0, 0.1) is 6.92 Å². The summed E-state index contributed by atoms with van der Waals surface area (Å²) in [7, 11) is 1.55. The summed E-state index contributed by atoms with van der Waals surface area (Å²) in [4.78, 5) is 49.6. The third-order valence-electron chi connectivity index (χ3n) is 4.36. The van der Waals surface area contributed by atoms with E-state index in [-0.39, 0.29) is 38.1 Å². The smallest absolute Gasteiger partial charge is 0.326 e. The summed E-state index contributed by atoms with van der Waals surface area (Å²) in [6, 6.07) is 5.40. The second-order valence-electron chi connectivity index (χ2n) is 6.46. The first-order valence-electron chi connectivity index (χ1n) is 8.93. The van der Waals surface area contributed by atoms with Crippen LogP contribution in [0.4, 0.5) is 10.5 Å². The largest absolute Gasteiger partial charge is 0.456 e. The van der Waals surface area contributed by atoms with Gasteiger partial charge in [0.2, 0.25) is 5.91 Å². The van der Waals surface area contributed by atoms with E-state index in [4.69, 9.17) is 4.74 Å². The number of nitrogens with one attached hydrogen (secondary N) is 1. The van der Waals surface area contributed by atoms with Crippen LogP contribution in [0.3, 0.4) is 0 Å². The number of hydrogen-bond donors (Lipinski definition) is 1. The second kappa shape index (κ2) is 9.16. The van der Waals surface area contributed by atoms with Gasteiger partial charge in [-0.2, -0.15) is 0 Å². The van der Waals surface area contributed by atoms with Gasteiger partial charge >= 0.3 is 12.0 Å². The van der Waals surface area contributed by atoms with Crippen LogP contribution in [-0.2, 0) is 25.5 Å². The number of para-hydroxylation sites is 1. The molecule has 0 spiro atoms. The van der Waals surface area contributed by atoms with E-state index in [1.807, 2.05) is 32.0 Å². The topological polar surface area (TPSA) is 96.0 Å². The number of ether oxygens (including phenoxy) is 1. The zero-order chi connectivity index (χ0) is 20.0. The Morgan fingerprint density at radius 2 is 2.00 bits per heavy atom. The average Bonchev–Trinajstić information content (AvgIpc) is 2.87. The number of urea groups is 1. The molecule has 1 aromatic carbocycles. The van der Waals surface area contributed by atoms with E-state index in [2.05, 4.69) is 5.32 Å². The molecule has 2 rings (SSSR count). The first-order chi connectivity index (χ1) is 12.8. The molecule has 1 aliphatic rings. The lowest BCUT2D eigenvalue weighted by molar-refractivity contribution is -0.147. The summed E-state index contributed by atoms with van der Waals surface area (Å²) >= 11 is 0. The summed E-state index contributed by atoms with van der Waals surface area (Å²) in [6.07, 6.45) is 1.10. The molecule has 1 N–H and O–H groups in total. The molecule has 0 saturated carbocycles. The minimum Gasteiger partial charge on any atom is -0.456 e. The molecule has 1 saturated heterocycles. The SMILES string of the molecule is CCc1cccc(C)c1NC(=O)COC(=O)CCCN1C(=O)CN(C)C1=O. The molecule has 0 bridgehead atoms. The van der Waals surface area contributed by atoms with Gasteiger partial charge in [0.1, 0.15) is 6.54 Å². The Kier molecular flexibility index (Phi) is 6.92. The lowest BCUT2D eigenvalue weighted by atomic mass is 10.1. The van der Waals surface area contributed by atoms with E-state index in [1.54, 1.807) is 7.05 Å². The minimum atomic E-state index is -0.543. The molecule has 8 heteroatoms. The predicted molar refractivity (Wildman–Crippen MR) is 99.1 cm³/mol. The van der Waals surface area contributed by atoms with Crippen molar-refractivity contribution in [1.29, 1.82) is 0 Å². The Balaban J connectivity index is 1.73. The highest BCUT2D eigenvalue weighted by Crippen LogP contribution is 2.20. The fraction of sp³-hybridized carbons (Fsp3) is 0.474. The lowest BCUT2D eigenvalue weighted by Crippen LogP contribution is -2.32. The molecule has 1 fully saturated rings. The summed E-state index contributed by atoms with van der Waals surface area (Å²) in [5.74, 6) is -1.22. The number of benzene rings is 1. The van der Waals surface area contributed by atoms with Crippen molar-refractivity contribution in [3.8, 4) is 0 Å². The highest BCUT2D eigenvalue weighted by molar-refractivity contribution is 6.01. The number of likely N-dealkylation sites (N-methyl/N-ethyl adjacent to an activating group) is 1. The number of carbonyl (C=O) groups is 4. The molecule has 0 aliphatic carbocycles. The Morgan fingerprint density at radius 3 is 2.63 bits per heavy atom. The first kappa shape index (κ1) is 20.4. The van der Waals surface area contributed by atoms with Gasteiger partial charge in [-0.05, 0) is 30.9 Å². The van der Waals surface area contributed by atoms with Crippen molar-refractivity contribution < 1.29 is 23.9 Å². The van der Waals surface area contributed by atoms with Crippen molar-refractivity contribution in [1.82, 2.24) is 9.80 Å². The molecule has 146 valence electrons. The van der Waals surface area contributed by atoms with Gasteiger partial charge in [0.05, 0.1) is 0 Å². The monoisotopic (exact) mass is 375 g/mol. The minimum absolute atomic E-state index is 0.0264.